The van der Waals surface area contributed by atoms with Crippen LogP contribution in [-0.2, 0) is 14.8 Å². The van der Waals surface area contributed by atoms with Gasteiger partial charge in [-0.2, -0.15) is 0 Å². The lowest BCUT2D eigenvalue weighted by atomic mass is 9.70. The second-order valence-corrected chi connectivity index (χ2v) is 11.0. The Bertz CT molecular complexity index is 555. The van der Waals surface area contributed by atoms with Gasteiger partial charge in [0.15, 0.2) is 0 Å². The molecule has 2 aliphatic rings. The van der Waals surface area contributed by atoms with E-state index in [-0.39, 0.29) is 28.8 Å². The van der Waals surface area contributed by atoms with Crippen LogP contribution in [0.25, 0.3) is 0 Å². The Morgan fingerprint density at radius 3 is 2.00 bits per heavy atom. The summed E-state index contributed by atoms with van der Waals surface area (Å²) in [6, 6.07) is 0. The van der Waals surface area contributed by atoms with Gasteiger partial charge in [-0.1, -0.05) is 41.5 Å². The van der Waals surface area contributed by atoms with Crippen LogP contribution in [0, 0.1) is 28.6 Å². The second kappa shape index (κ2) is 6.14. The SMILES string of the molecule is CC(C)CN(CC(C)C)S(=O)(=O)CC12CCC(CC1=O)C2(C)C. The summed E-state index contributed by atoms with van der Waals surface area (Å²) < 4.78 is 27.9. The Morgan fingerprint density at radius 2 is 1.65 bits per heavy atom. The fourth-order valence-corrected chi connectivity index (χ4v) is 7.16. The van der Waals surface area contributed by atoms with Gasteiger partial charge in [0.2, 0.25) is 10.0 Å². The number of fused-ring (bicyclic) bond motifs is 2. The molecular formula is C18H33NO3S. The number of rotatable bonds is 7. The minimum atomic E-state index is -3.43. The number of Topliss-reactive ketones (excluding diaryl/α,β-unsaturated/α-hetero) is 1. The van der Waals surface area contributed by atoms with Gasteiger partial charge in [0, 0.05) is 24.9 Å². The molecule has 0 radical (unpaired) electrons. The summed E-state index contributed by atoms with van der Waals surface area (Å²) in [5.74, 6) is 1.10. The first kappa shape index (κ1) is 18.9. The van der Waals surface area contributed by atoms with E-state index in [1.807, 2.05) is 27.7 Å². The normalized spacial score (nSPS) is 30.1. The van der Waals surface area contributed by atoms with Crippen molar-refractivity contribution in [1.29, 1.82) is 0 Å². The van der Waals surface area contributed by atoms with E-state index in [0.29, 0.717) is 25.4 Å². The summed E-state index contributed by atoms with van der Waals surface area (Å²) in [5.41, 5.74) is -0.860. The lowest BCUT2D eigenvalue weighted by molar-refractivity contribution is -0.128. The molecule has 134 valence electrons. The molecule has 0 aliphatic heterocycles. The zero-order valence-electron chi connectivity index (χ0n) is 15.6. The monoisotopic (exact) mass is 343 g/mol. The van der Waals surface area contributed by atoms with Crippen LogP contribution in [0.2, 0.25) is 0 Å². The quantitative estimate of drug-likeness (QED) is 0.712. The van der Waals surface area contributed by atoms with Crippen molar-refractivity contribution in [1.82, 2.24) is 4.31 Å². The van der Waals surface area contributed by atoms with Crippen molar-refractivity contribution in [2.45, 2.75) is 60.8 Å². The van der Waals surface area contributed by atoms with E-state index in [9.17, 15) is 13.2 Å². The van der Waals surface area contributed by atoms with Crippen molar-refractivity contribution in [3.8, 4) is 0 Å². The molecule has 2 rings (SSSR count). The third-order valence-electron chi connectivity index (χ3n) is 6.10. The topological polar surface area (TPSA) is 54.5 Å². The highest BCUT2D eigenvalue weighted by Gasteiger charge is 2.65. The predicted octanol–water partition coefficient (Wildman–Crippen LogP) is 3.33. The Morgan fingerprint density at radius 1 is 1.13 bits per heavy atom. The van der Waals surface area contributed by atoms with Crippen LogP contribution in [-0.4, -0.2) is 37.3 Å². The largest absolute Gasteiger partial charge is 0.299 e. The first-order valence-electron chi connectivity index (χ1n) is 8.93. The molecule has 2 unspecified atom stereocenters. The summed E-state index contributed by atoms with van der Waals surface area (Å²) >= 11 is 0. The van der Waals surface area contributed by atoms with Crippen LogP contribution in [0.15, 0.2) is 0 Å². The highest BCUT2D eigenvalue weighted by Crippen LogP contribution is 2.64. The Hall–Kier alpha value is -0.420. The highest BCUT2D eigenvalue weighted by molar-refractivity contribution is 7.89. The fourth-order valence-electron chi connectivity index (χ4n) is 4.63. The summed E-state index contributed by atoms with van der Waals surface area (Å²) in [5, 5.41) is 0. The second-order valence-electron chi connectivity index (χ2n) is 9.03. The van der Waals surface area contributed by atoms with Gasteiger partial charge < -0.3 is 0 Å². The summed E-state index contributed by atoms with van der Waals surface area (Å²) in [6.07, 6.45) is 2.29. The average molecular weight is 344 g/mol. The molecule has 0 heterocycles. The summed E-state index contributed by atoms with van der Waals surface area (Å²) in [7, 11) is -3.43. The van der Waals surface area contributed by atoms with E-state index >= 15 is 0 Å². The molecule has 0 amide bonds. The fraction of sp³-hybridized carbons (Fsp3) is 0.944. The van der Waals surface area contributed by atoms with Crippen molar-refractivity contribution < 1.29 is 13.2 Å². The van der Waals surface area contributed by atoms with E-state index in [1.54, 1.807) is 4.31 Å². The number of sulfonamides is 1. The van der Waals surface area contributed by atoms with Crippen LogP contribution >= 0.6 is 0 Å². The van der Waals surface area contributed by atoms with Crippen molar-refractivity contribution in [3.05, 3.63) is 0 Å². The molecule has 23 heavy (non-hydrogen) atoms. The van der Waals surface area contributed by atoms with Gasteiger partial charge in [0.25, 0.3) is 0 Å². The molecular weight excluding hydrogens is 310 g/mol. The van der Waals surface area contributed by atoms with Gasteiger partial charge in [-0.25, -0.2) is 12.7 Å². The van der Waals surface area contributed by atoms with E-state index in [4.69, 9.17) is 0 Å². The van der Waals surface area contributed by atoms with Crippen molar-refractivity contribution in [2.75, 3.05) is 18.8 Å². The third kappa shape index (κ3) is 3.23. The number of carbonyl (C=O) groups excluding carboxylic acids is 1. The molecule has 0 aromatic rings. The maximum absolute atomic E-state index is 13.1. The Balaban J connectivity index is 2.30. The van der Waals surface area contributed by atoms with Crippen LogP contribution in [0.4, 0.5) is 0 Å². The molecule has 4 nitrogen and oxygen atoms in total. The number of hydrogen-bond acceptors (Lipinski definition) is 3. The molecule has 0 aromatic heterocycles. The molecule has 2 saturated carbocycles. The number of carbonyl (C=O) groups is 1. The first-order chi connectivity index (χ1) is 10.4. The van der Waals surface area contributed by atoms with Crippen LogP contribution in [0.3, 0.4) is 0 Å². The Kier molecular flexibility index (Phi) is 5.05. The Labute approximate surface area is 142 Å². The standard InChI is InChI=1S/C18H33NO3S/c1-13(2)10-19(11-14(3)4)23(21,22)12-18-8-7-15(9-16(18)20)17(18,5)6/h13-15H,7-12H2,1-6H3. The lowest BCUT2D eigenvalue weighted by Crippen LogP contribution is -2.48. The van der Waals surface area contributed by atoms with Gasteiger partial charge in [0.05, 0.1) is 5.75 Å². The molecule has 2 bridgehead atoms. The van der Waals surface area contributed by atoms with Crippen molar-refractivity contribution in [3.63, 3.8) is 0 Å². The molecule has 0 saturated heterocycles. The van der Waals surface area contributed by atoms with Gasteiger partial charge in [-0.15, -0.1) is 0 Å². The number of nitrogens with zero attached hydrogens (tertiary/aromatic N) is 1. The van der Waals surface area contributed by atoms with E-state index in [0.717, 1.165) is 12.8 Å². The molecule has 2 atom stereocenters. The van der Waals surface area contributed by atoms with Gasteiger partial charge in [-0.3, -0.25) is 4.79 Å². The minimum absolute atomic E-state index is 0.00176. The molecule has 5 heteroatoms. The van der Waals surface area contributed by atoms with Gasteiger partial charge in [-0.05, 0) is 36.0 Å². The molecule has 2 aliphatic carbocycles. The number of ketones is 1. The van der Waals surface area contributed by atoms with Crippen molar-refractivity contribution in [2.24, 2.45) is 28.6 Å². The maximum atomic E-state index is 13.1. The van der Waals surface area contributed by atoms with Crippen LogP contribution in [0.1, 0.15) is 60.8 Å². The van der Waals surface area contributed by atoms with Gasteiger partial charge >= 0.3 is 0 Å². The molecule has 2 fully saturated rings. The zero-order valence-corrected chi connectivity index (χ0v) is 16.4. The molecule has 0 aromatic carbocycles. The van der Waals surface area contributed by atoms with E-state index in [2.05, 4.69) is 13.8 Å². The van der Waals surface area contributed by atoms with Crippen molar-refractivity contribution >= 4 is 15.8 Å². The van der Waals surface area contributed by atoms with Crippen LogP contribution in [0.5, 0.6) is 0 Å². The number of hydrogen-bond donors (Lipinski definition) is 0. The van der Waals surface area contributed by atoms with E-state index in [1.165, 1.54) is 0 Å². The first-order valence-corrected chi connectivity index (χ1v) is 10.5. The van der Waals surface area contributed by atoms with Crippen LogP contribution < -0.4 is 0 Å². The predicted molar refractivity (Wildman–Crippen MR) is 93.6 cm³/mol. The molecule has 0 N–H and O–H groups in total. The summed E-state index contributed by atoms with van der Waals surface area (Å²) in [6.45, 7) is 13.4. The zero-order chi connectivity index (χ0) is 17.6. The maximum Gasteiger partial charge on any atom is 0.215 e. The van der Waals surface area contributed by atoms with Gasteiger partial charge in [0.1, 0.15) is 5.78 Å². The minimum Gasteiger partial charge on any atom is -0.299 e. The average Bonchev–Trinajstić information content (AvgIpc) is 2.70. The third-order valence-corrected chi connectivity index (χ3v) is 8.04. The smallest absolute Gasteiger partial charge is 0.215 e. The highest BCUT2D eigenvalue weighted by atomic mass is 32.2. The van der Waals surface area contributed by atoms with E-state index < -0.39 is 15.4 Å². The molecule has 0 spiro atoms. The lowest BCUT2D eigenvalue weighted by Gasteiger charge is -2.38. The summed E-state index contributed by atoms with van der Waals surface area (Å²) in [4.78, 5) is 12.6.